The first kappa shape index (κ1) is 18.1. The average Bonchev–Trinajstić information content (AvgIpc) is 2.65. The standard InChI is InChI=1S/C19H16F2N2O2S/c1-24-15-3-5-18(25-2)16(10-15)17-4-6-19(23-22-17)26-11-12-7-13(20)9-14(21)8-12/h3-10H,11H2,1-2H3. The second kappa shape index (κ2) is 8.14. The van der Waals surface area contributed by atoms with Gasteiger partial charge in [0.15, 0.2) is 0 Å². The van der Waals surface area contributed by atoms with Crippen LogP contribution in [0.25, 0.3) is 11.3 Å². The van der Waals surface area contributed by atoms with Gasteiger partial charge >= 0.3 is 0 Å². The van der Waals surface area contributed by atoms with Crippen LogP contribution in [0.5, 0.6) is 11.5 Å². The number of methoxy groups -OCH3 is 2. The molecule has 2 aromatic carbocycles. The normalized spacial score (nSPS) is 10.6. The summed E-state index contributed by atoms with van der Waals surface area (Å²) >= 11 is 1.35. The van der Waals surface area contributed by atoms with E-state index in [1.807, 2.05) is 18.2 Å². The maximum atomic E-state index is 13.2. The topological polar surface area (TPSA) is 44.2 Å². The van der Waals surface area contributed by atoms with Crippen LogP contribution in [-0.4, -0.2) is 24.4 Å². The molecule has 0 spiro atoms. The third kappa shape index (κ3) is 4.29. The quantitative estimate of drug-likeness (QED) is 0.584. The Labute approximate surface area is 154 Å². The Morgan fingerprint density at radius 3 is 2.27 bits per heavy atom. The number of halogens is 2. The van der Waals surface area contributed by atoms with Crippen molar-refractivity contribution in [3.63, 3.8) is 0 Å². The third-order valence-corrected chi connectivity index (χ3v) is 4.62. The maximum absolute atomic E-state index is 13.2. The second-order valence-electron chi connectivity index (χ2n) is 5.39. The summed E-state index contributed by atoms with van der Waals surface area (Å²) in [5.74, 6) is 0.565. The summed E-state index contributed by atoms with van der Waals surface area (Å²) in [5, 5.41) is 9.05. The second-order valence-corrected chi connectivity index (χ2v) is 6.39. The van der Waals surface area contributed by atoms with Crippen molar-refractivity contribution < 1.29 is 18.3 Å². The van der Waals surface area contributed by atoms with Gasteiger partial charge in [-0.3, -0.25) is 0 Å². The van der Waals surface area contributed by atoms with E-state index in [4.69, 9.17) is 9.47 Å². The molecule has 0 fully saturated rings. The summed E-state index contributed by atoms with van der Waals surface area (Å²) in [5.41, 5.74) is 1.96. The zero-order valence-electron chi connectivity index (χ0n) is 14.2. The van der Waals surface area contributed by atoms with Gasteiger partial charge in [-0.2, -0.15) is 0 Å². The smallest absolute Gasteiger partial charge is 0.128 e. The lowest BCUT2D eigenvalue weighted by Gasteiger charge is -2.10. The zero-order valence-corrected chi connectivity index (χ0v) is 15.0. The molecule has 0 atom stereocenters. The summed E-state index contributed by atoms with van der Waals surface area (Å²) in [6.45, 7) is 0. The Morgan fingerprint density at radius 1 is 0.885 bits per heavy atom. The van der Waals surface area contributed by atoms with Gasteiger partial charge in [0.1, 0.15) is 28.2 Å². The minimum Gasteiger partial charge on any atom is -0.497 e. The minimum absolute atomic E-state index is 0.394. The molecule has 0 N–H and O–H groups in total. The van der Waals surface area contributed by atoms with Gasteiger partial charge in [0, 0.05) is 17.4 Å². The van der Waals surface area contributed by atoms with E-state index < -0.39 is 11.6 Å². The molecule has 26 heavy (non-hydrogen) atoms. The predicted molar refractivity (Wildman–Crippen MR) is 96.5 cm³/mol. The fourth-order valence-electron chi connectivity index (χ4n) is 2.41. The number of hydrogen-bond acceptors (Lipinski definition) is 5. The molecule has 0 aliphatic carbocycles. The van der Waals surface area contributed by atoms with Gasteiger partial charge in [-0.1, -0.05) is 11.8 Å². The van der Waals surface area contributed by atoms with E-state index >= 15 is 0 Å². The molecular formula is C19H16F2N2O2S. The van der Waals surface area contributed by atoms with Crippen LogP contribution in [-0.2, 0) is 5.75 Å². The highest BCUT2D eigenvalue weighted by molar-refractivity contribution is 7.98. The van der Waals surface area contributed by atoms with Crippen molar-refractivity contribution >= 4 is 11.8 Å². The molecule has 1 aromatic heterocycles. The van der Waals surface area contributed by atoms with Crippen LogP contribution in [0.3, 0.4) is 0 Å². The first-order valence-corrected chi connectivity index (χ1v) is 8.71. The Hall–Kier alpha value is -2.67. The molecule has 0 unspecified atom stereocenters. The van der Waals surface area contributed by atoms with Crippen molar-refractivity contribution in [2.24, 2.45) is 0 Å². The number of benzene rings is 2. The summed E-state index contributed by atoms with van der Waals surface area (Å²) in [4.78, 5) is 0. The highest BCUT2D eigenvalue weighted by atomic mass is 32.2. The van der Waals surface area contributed by atoms with Crippen LogP contribution in [0.2, 0.25) is 0 Å². The molecule has 0 aliphatic rings. The van der Waals surface area contributed by atoms with Crippen LogP contribution >= 0.6 is 11.8 Å². The SMILES string of the molecule is COc1ccc(OC)c(-c2ccc(SCc3cc(F)cc(F)c3)nn2)c1. The highest BCUT2D eigenvalue weighted by Gasteiger charge is 2.10. The lowest BCUT2D eigenvalue weighted by atomic mass is 10.1. The van der Waals surface area contributed by atoms with Crippen LogP contribution in [0, 0.1) is 11.6 Å². The molecule has 0 amide bonds. The Morgan fingerprint density at radius 2 is 1.65 bits per heavy atom. The number of aromatic nitrogens is 2. The Bertz CT molecular complexity index is 884. The van der Waals surface area contributed by atoms with Crippen LogP contribution in [0.1, 0.15) is 5.56 Å². The van der Waals surface area contributed by atoms with Crippen molar-refractivity contribution in [1.29, 1.82) is 0 Å². The monoisotopic (exact) mass is 374 g/mol. The number of hydrogen-bond donors (Lipinski definition) is 0. The Balaban J connectivity index is 1.76. The maximum Gasteiger partial charge on any atom is 0.128 e. The van der Waals surface area contributed by atoms with Gasteiger partial charge in [-0.25, -0.2) is 8.78 Å². The van der Waals surface area contributed by atoms with Gasteiger partial charge < -0.3 is 9.47 Å². The molecule has 1 heterocycles. The van der Waals surface area contributed by atoms with Gasteiger partial charge in [-0.15, -0.1) is 10.2 Å². The van der Waals surface area contributed by atoms with Crippen LogP contribution in [0.4, 0.5) is 8.78 Å². The fourth-order valence-corrected chi connectivity index (χ4v) is 3.15. The van der Waals surface area contributed by atoms with Crippen LogP contribution in [0.15, 0.2) is 53.6 Å². The van der Waals surface area contributed by atoms with Crippen molar-refractivity contribution in [1.82, 2.24) is 10.2 Å². The highest BCUT2D eigenvalue weighted by Crippen LogP contribution is 2.32. The molecule has 0 bridgehead atoms. The van der Waals surface area contributed by atoms with Crippen LogP contribution < -0.4 is 9.47 Å². The third-order valence-electron chi connectivity index (χ3n) is 3.63. The van der Waals surface area contributed by atoms with Crippen molar-refractivity contribution in [2.45, 2.75) is 10.8 Å². The fraction of sp³-hybridized carbons (Fsp3) is 0.158. The van der Waals surface area contributed by atoms with Gasteiger partial charge in [0.2, 0.25) is 0 Å². The van der Waals surface area contributed by atoms with E-state index in [1.165, 1.54) is 23.9 Å². The van der Waals surface area contributed by atoms with Crippen molar-refractivity contribution in [2.75, 3.05) is 14.2 Å². The summed E-state index contributed by atoms with van der Waals surface area (Å²) in [6.07, 6.45) is 0. The van der Waals surface area contributed by atoms with Gasteiger partial charge in [0.05, 0.1) is 19.9 Å². The Kier molecular flexibility index (Phi) is 5.68. The van der Waals surface area contributed by atoms with E-state index in [-0.39, 0.29) is 0 Å². The first-order valence-electron chi connectivity index (χ1n) is 7.73. The number of nitrogens with zero attached hydrogens (tertiary/aromatic N) is 2. The molecule has 134 valence electrons. The predicted octanol–water partition coefficient (Wildman–Crippen LogP) is 4.73. The van der Waals surface area contributed by atoms with E-state index in [2.05, 4.69) is 10.2 Å². The van der Waals surface area contributed by atoms with E-state index in [1.54, 1.807) is 26.4 Å². The summed E-state index contributed by atoms with van der Waals surface area (Å²) in [7, 11) is 3.17. The number of thioether (sulfide) groups is 1. The van der Waals surface area contributed by atoms with E-state index in [0.29, 0.717) is 33.5 Å². The zero-order chi connectivity index (χ0) is 18.5. The molecule has 3 rings (SSSR count). The van der Waals surface area contributed by atoms with Gasteiger partial charge in [0.25, 0.3) is 0 Å². The molecule has 0 saturated carbocycles. The summed E-state index contributed by atoms with van der Waals surface area (Å²) < 4.78 is 37.1. The number of rotatable bonds is 6. The van der Waals surface area contributed by atoms with Crippen molar-refractivity contribution in [3.05, 3.63) is 65.7 Å². The molecular weight excluding hydrogens is 358 g/mol. The molecule has 4 nitrogen and oxygen atoms in total. The molecule has 0 aliphatic heterocycles. The lowest BCUT2D eigenvalue weighted by molar-refractivity contribution is 0.404. The lowest BCUT2D eigenvalue weighted by Crippen LogP contribution is -1.94. The molecule has 0 saturated heterocycles. The van der Waals surface area contributed by atoms with Crippen molar-refractivity contribution in [3.8, 4) is 22.8 Å². The van der Waals surface area contributed by atoms with E-state index in [9.17, 15) is 8.78 Å². The summed E-state index contributed by atoms with van der Waals surface area (Å²) in [6, 6.07) is 12.5. The van der Waals surface area contributed by atoms with E-state index in [0.717, 1.165) is 11.6 Å². The van der Waals surface area contributed by atoms with Gasteiger partial charge in [-0.05, 0) is 48.0 Å². The molecule has 3 aromatic rings. The molecule has 7 heteroatoms. The minimum atomic E-state index is -0.591. The number of ether oxygens (including phenoxy) is 2. The first-order chi connectivity index (χ1) is 12.6. The molecule has 0 radical (unpaired) electrons. The largest absolute Gasteiger partial charge is 0.497 e. The average molecular weight is 374 g/mol.